The summed E-state index contributed by atoms with van der Waals surface area (Å²) >= 11 is 0. The average Bonchev–Trinajstić information content (AvgIpc) is 3.17. The van der Waals surface area contributed by atoms with E-state index in [4.69, 9.17) is 9.47 Å². The number of amides is 1. The molecular formula is C20H24N4O3. The third kappa shape index (κ3) is 4.26. The van der Waals surface area contributed by atoms with E-state index in [1.165, 1.54) is 11.9 Å². The topological polar surface area (TPSA) is 76.6 Å². The fourth-order valence-electron chi connectivity index (χ4n) is 3.55. The van der Waals surface area contributed by atoms with Gasteiger partial charge in [0.15, 0.2) is 5.79 Å². The van der Waals surface area contributed by atoms with Crippen molar-refractivity contribution in [3.05, 3.63) is 54.0 Å². The maximum atomic E-state index is 12.8. The van der Waals surface area contributed by atoms with Gasteiger partial charge in [-0.3, -0.25) is 4.79 Å². The van der Waals surface area contributed by atoms with Crippen LogP contribution in [0, 0.1) is 0 Å². The van der Waals surface area contributed by atoms with Crippen LogP contribution in [0.3, 0.4) is 0 Å². The van der Waals surface area contributed by atoms with Crippen molar-refractivity contribution in [1.29, 1.82) is 0 Å². The van der Waals surface area contributed by atoms with Crippen LogP contribution in [0.5, 0.6) is 0 Å². The van der Waals surface area contributed by atoms with Gasteiger partial charge >= 0.3 is 0 Å². The summed E-state index contributed by atoms with van der Waals surface area (Å²) in [6.07, 6.45) is 3.73. The second-order valence-corrected chi connectivity index (χ2v) is 6.85. The smallest absolute Gasteiger partial charge is 0.272 e. The molecule has 7 heteroatoms. The summed E-state index contributed by atoms with van der Waals surface area (Å²) in [6.45, 7) is 3.24. The average molecular weight is 368 g/mol. The van der Waals surface area contributed by atoms with Gasteiger partial charge in [0, 0.05) is 38.5 Å². The third-order valence-electron chi connectivity index (χ3n) is 5.07. The van der Waals surface area contributed by atoms with Gasteiger partial charge in [-0.15, -0.1) is 0 Å². The molecule has 1 aromatic carbocycles. The molecule has 0 saturated carbocycles. The Morgan fingerprint density at radius 3 is 2.59 bits per heavy atom. The number of carbonyl (C=O) groups is 1. The highest BCUT2D eigenvalue weighted by Gasteiger charge is 2.41. The number of rotatable bonds is 5. The van der Waals surface area contributed by atoms with Gasteiger partial charge in [0.25, 0.3) is 5.91 Å². The molecule has 2 saturated heterocycles. The standard InChI is InChI=1S/C20H24N4O3/c25-19(24-10-7-20(8-11-24)26-12-13-27-20)17-14-18(23-15-22-17)21-9-6-16-4-2-1-3-5-16/h1-5,14-15H,6-13H2,(H,21,22,23). The van der Waals surface area contributed by atoms with Crippen molar-refractivity contribution >= 4 is 11.7 Å². The van der Waals surface area contributed by atoms with Gasteiger partial charge in [-0.05, 0) is 12.0 Å². The van der Waals surface area contributed by atoms with Crippen LogP contribution in [-0.4, -0.2) is 59.4 Å². The van der Waals surface area contributed by atoms with Crippen molar-refractivity contribution in [3.63, 3.8) is 0 Å². The molecule has 1 aromatic heterocycles. The molecule has 1 N–H and O–H groups in total. The van der Waals surface area contributed by atoms with E-state index >= 15 is 0 Å². The Labute approximate surface area is 158 Å². The largest absolute Gasteiger partial charge is 0.370 e. The van der Waals surface area contributed by atoms with E-state index in [-0.39, 0.29) is 5.91 Å². The predicted molar refractivity (Wildman–Crippen MR) is 100 cm³/mol. The Hall–Kier alpha value is -2.51. The molecule has 2 fully saturated rings. The minimum absolute atomic E-state index is 0.0728. The number of hydrogen-bond donors (Lipinski definition) is 1. The fourth-order valence-corrected chi connectivity index (χ4v) is 3.55. The van der Waals surface area contributed by atoms with Gasteiger partial charge in [0.1, 0.15) is 17.8 Å². The second kappa shape index (κ2) is 8.02. The molecule has 2 aliphatic rings. The van der Waals surface area contributed by atoms with E-state index < -0.39 is 5.79 Å². The van der Waals surface area contributed by atoms with Gasteiger partial charge in [-0.2, -0.15) is 0 Å². The Morgan fingerprint density at radius 2 is 1.85 bits per heavy atom. The van der Waals surface area contributed by atoms with E-state index in [0.717, 1.165) is 13.0 Å². The number of nitrogens with zero attached hydrogens (tertiary/aromatic N) is 3. The molecule has 4 rings (SSSR count). The molecule has 27 heavy (non-hydrogen) atoms. The molecule has 0 unspecified atom stereocenters. The first kappa shape index (κ1) is 17.9. The quantitative estimate of drug-likeness (QED) is 0.871. The van der Waals surface area contributed by atoms with Crippen LogP contribution in [0.25, 0.3) is 0 Å². The number of benzene rings is 1. The number of ether oxygens (including phenoxy) is 2. The molecule has 0 radical (unpaired) electrons. The lowest BCUT2D eigenvalue weighted by Gasteiger charge is -2.37. The van der Waals surface area contributed by atoms with Crippen molar-refractivity contribution in [2.24, 2.45) is 0 Å². The van der Waals surface area contributed by atoms with Crippen molar-refractivity contribution < 1.29 is 14.3 Å². The van der Waals surface area contributed by atoms with E-state index in [9.17, 15) is 4.79 Å². The van der Waals surface area contributed by atoms with Gasteiger partial charge in [0.05, 0.1) is 13.2 Å². The van der Waals surface area contributed by atoms with E-state index in [1.807, 2.05) is 23.1 Å². The summed E-state index contributed by atoms with van der Waals surface area (Å²) in [4.78, 5) is 23.0. The Morgan fingerprint density at radius 1 is 1.11 bits per heavy atom. The minimum Gasteiger partial charge on any atom is -0.370 e. The van der Waals surface area contributed by atoms with E-state index in [0.29, 0.717) is 50.7 Å². The highest BCUT2D eigenvalue weighted by atomic mass is 16.7. The van der Waals surface area contributed by atoms with Crippen LogP contribution >= 0.6 is 0 Å². The third-order valence-corrected chi connectivity index (χ3v) is 5.07. The van der Waals surface area contributed by atoms with Gasteiger partial charge in [-0.1, -0.05) is 30.3 Å². The number of piperidine rings is 1. The highest BCUT2D eigenvalue weighted by Crippen LogP contribution is 2.31. The Balaban J connectivity index is 1.32. The van der Waals surface area contributed by atoms with Gasteiger partial charge in [0.2, 0.25) is 0 Å². The molecule has 142 valence electrons. The fraction of sp³-hybridized carbons (Fsp3) is 0.450. The first-order chi connectivity index (χ1) is 13.2. The Kier molecular flexibility index (Phi) is 5.31. The SMILES string of the molecule is O=C(c1cc(NCCc2ccccc2)ncn1)N1CCC2(CC1)OCCO2. The number of aromatic nitrogens is 2. The van der Waals surface area contributed by atoms with E-state index in [2.05, 4.69) is 27.4 Å². The lowest BCUT2D eigenvalue weighted by molar-refractivity contribution is -0.181. The molecule has 0 aliphatic carbocycles. The molecule has 2 aliphatic heterocycles. The molecule has 3 heterocycles. The monoisotopic (exact) mass is 368 g/mol. The van der Waals surface area contributed by atoms with Crippen molar-refractivity contribution in [3.8, 4) is 0 Å². The molecule has 7 nitrogen and oxygen atoms in total. The normalized spacial score (nSPS) is 18.6. The Bertz CT molecular complexity index is 768. The highest BCUT2D eigenvalue weighted by molar-refractivity contribution is 5.93. The molecule has 0 bridgehead atoms. The number of nitrogens with one attached hydrogen (secondary N) is 1. The summed E-state index contributed by atoms with van der Waals surface area (Å²) in [7, 11) is 0. The van der Waals surface area contributed by atoms with Gasteiger partial charge in [-0.25, -0.2) is 9.97 Å². The van der Waals surface area contributed by atoms with E-state index in [1.54, 1.807) is 6.07 Å². The lowest BCUT2D eigenvalue weighted by Crippen LogP contribution is -2.47. The summed E-state index contributed by atoms with van der Waals surface area (Å²) in [5, 5.41) is 3.27. The van der Waals surface area contributed by atoms with Gasteiger partial charge < -0.3 is 19.7 Å². The summed E-state index contributed by atoms with van der Waals surface area (Å²) < 4.78 is 11.4. The van der Waals surface area contributed by atoms with Crippen LogP contribution in [0.15, 0.2) is 42.7 Å². The number of carbonyl (C=O) groups excluding carboxylic acids is 1. The number of hydrogen-bond acceptors (Lipinski definition) is 6. The molecule has 0 atom stereocenters. The summed E-state index contributed by atoms with van der Waals surface area (Å²) in [5.41, 5.74) is 1.67. The molecule has 1 amide bonds. The molecule has 1 spiro atoms. The first-order valence-electron chi connectivity index (χ1n) is 9.41. The van der Waals surface area contributed by atoms with Crippen molar-refractivity contribution in [1.82, 2.24) is 14.9 Å². The maximum absolute atomic E-state index is 12.8. The zero-order valence-electron chi connectivity index (χ0n) is 15.3. The number of anilines is 1. The molecular weight excluding hydrogens is 344 g/mol. The zero-order chi connectivity index (χ0) is 18.5. The molecule has 2 aromatic rings. The second-order valence-electron chi connectivity index (χ2n) is 6.85. The maximum Gasteiger partial charge on any atom is 0.272 e. The first-order valence-corrected chi connectivity index (χ1v) is 9.41. The van der Waals surface area contributed by atoms with Crippen LogP contribution in [0.2, 0.25) is 0 Å². The summed E-state index contributed by atoms with van der Waals surface area (Å²) in [5.74, 6) is 0.114. The van der Waals surface area contributed by atoms with Crippen LogP contribution in [0.4, 0.5) is 5.82 Å². The van der Waals surface area contributed by atoms with Crippen LogP contribution in [-0.2, 0) is 15.9 Å². The van der Waals surface area contributed by atoms with Crippen molar-refractivity contribution in [2.45, 2.75) is 25.0 Å². The van der Waals surface area contributed by atoms with Crippen molar-refractivity contribution in [2.75, 3.05) is 38.2 Å². The summed E-state index contributed by atoms with van der Waals surface area (Å²) in [6, 6.07) is 12.0. The van der Waals surface area contributed by atoms with Crippen LogP contribution < -0.4 is 5.32 Å². The zero-order valence-corrected chi connectivity index (χ0v) is 15.3. The lowest BCUT2D eigenvalue weighted by atomic mass is 10.0. The van der Waals surface area contributed by atoms with Crippen LogP contribution in [0.1, 0.15) is 28.9 Å². The predicted octanol–water partition coefficient (Wildman–Crippen LogP) is 2.11. The number of likely N-dealkylation sites (tertiary alicyclic amines) is 1. The minimum atomic E-state index is -0.480.